The number of aromatic nitrogens is 4. The van der Waals surface area contributed by atoms with Crippen LogP contribution in [-0.4, -0.2) is 37.9 Å². The Labute approximate surface area is 179 Å². The molecule has 4 rings (SSSR count). The van der Waals surface area contributed by atoms with Crippen LogP contribution in [0, 0.1) is 5.92 Å². The van der Waals surface area contributed by atoms with Crippen LogP contribution in [0.15, 0.2) is 53.7 Å². The maximum Gasteiger partial charge on any atom is 0.255 e. The average Bonchev–Trinajstić information content (AvgIpc) is 2.76. The van der Waals surface area contributed by atoms with Crippen molar-refractivity contribution in [3.05, 3.63) is 69.9 Å². The summed E-state index contributed by atoms with van der Waals surface area (Å²) in [6.45, 7) is 2.70. The summed E-state index contributed by atoms with van der Waals surface area (Å²) in [5, 5.41) is 0.616. The van der Waals surface area contributed by atoms with E-state index in [0.29, 0.717) is 47.3 Å². The van der Waals surface area contributed by atoms with Crippen molar-refractivity contribution in [2.45, 2.75) is 25.8 Å². The molecule has 0 N–H and O–H groups in total. The lowest BCUT2D eigenvalue weighted by Gasteiger charge is -2.38. The van der Waals surface area contributed by atoms with Gasteiger partial charge in [-0.15, -0.1) is 0 Å². The Morgan fingerprint density at radius 3 is 2.60 bits per heavy atom. The number of halogens is 1. The topological polar surface area (TPSA) is 81.0 Å². The smallest absolute Gasteiger partial charge is 0.255 e. The van der Waals surface area contributed by atoms with Crippen LogP contribution in [0.5, 0.6) is 0 Å². The van der Waals surface area contributed by atoms with Crippen LogP contribution >= 0.6 is 11.6 Å². The molecule has 2 aromatic heterocycles. The quantitative estimate of drug-likeness (QED) is 0.598. The van der Waals surface area contributed by atoms with E-state index in [0.717, 1.165) is 0 Å². The van der Waals surface area contributed by atoms with Gasteiger partial charge in [0.2, 0.25) is 5.95 Å². The fraction of sp³-hybridized carbons (Fsp3) is 0.318. The molecule has 1 unspecified atom stereocenters. The second-order valence-electron chi connectivity index (χ2n) is 7.57. The number of anilines is 1. The number of carbonyl (C=O) groups excluding carboxylic acids is 1. The van der Waals surface area contributed by atoms with Crippen LogP contribution in [0.2, 0.25) is 5.02 Å². The molecule has 154 valence electrons. The average molecular weight is 424 g/mol. The van der Waals surface area contributed by atoms with Crippen LogP contribution < -0.4 is 10.5 Å². The van der Waals surface area contributed by atoms with Crippen molar-refractivity contribution in [3.63, 3.8) is 0 Å². The van der Waals surface area contributed by atoms with Crippen LogP contribution in [-0.2, 0) is 7.05 Å². The molecule has 30 heavy (non-hydrogen) atoms. The Morgan fingerprint density at radius 2 is 1.93 bits per heavy atom. The Hall–Kier alpha value is -3.06. The van der Waals surface area contributed by atoms with Crippen LogP contribution in [0.1, 0.15) is 30.1 Å². The van der Waals surface area contributed by atoms with E-state index in [1.807, 2.05) is 0 Å². The molecule has 0 aliphatic carbocycles. The minimum atomic E-state index is -0.153. The number of benzene rings is 1. The van der Waals surface area contributed by atoms with Gasteiger partial charge in [-0.05, 0) is 50.1 Å². The highest BCUT2D eigenvalue weighted by atomic mass is 35.5. The van der Waals surface area contributed by atoms with E-state index in [2.05, 4.69) is 21.8 Å². The van der Waals surface area contributed by atoms with E-state index in [-0.39, 0.29) is 23.3 Å². The number of ketones is 1. The van der Waals surface area contributed by atoms with Gasteiger partial charge in [-0.1, -0.05) is 11.6 Å². The molecule has 0 radical (unpaired) electrons. The lowest BCUT2D eigenvalue weighted by molar-refractivity contribution is 0.0889. The Balaban J connectivity index is 1.58. The first-order valence-electron chi connectivity index (χ1n) is 9.85. The summed E-state index contributed by atoms with van der Waals surface area (Å²) in [6, 6.07) is 10.3. The largest absolute Gasteiger partial charge is 0.339 e. The summed E-state index contributed by atoms with van der Waals surface area (Å²) in [7, 11) is 1.71. The van der Waals surface area contributed by atoms with Gasteiger partial charge >= 0.3 is 0 Å². The molecule has 0 bridgehead atoms. The Kier molecular flexibility index (Phi) is 5.63. The maximum absolute atomic E-state index is 12.9. The highest BCUT2D eigenvalue weighted by Crippen LogP contribution is 2.29. The van der Waals surface area contributed by atoms with Crippen molar-refractivity contribution >= 4 is 23.3 Å². The minimum absolute atomic E-state index is 0.0544. The number of Topliss-reactive ketones (excluding diaryl/α,β-unsaturated/α-hetero) is 1. The first-order chi connectivity index (χ1) is 14.4. The van der Waals surface area contributed by atoms with Crippen LogP contribution in [0.3, 0.4) is 0 Å². The van der Waals surface area contributed by atoms with Crippen molar-refractivity contribution < 1.29 is 4.79 Å². The zero-order valence-corrected chi connectivity index (χ0v) is 17.6. The fourth-order valence-corrected chi connectivity index (χ4v) is 4.04. The molecule has 0 spiro atoms. The van der Waals surface area contributed by atoms with Crippen molar-refractivity contribution in [2.24, 2.45) is 13.0 Å². The summed E-state index contributed by atoms with van der Waals surface area (Å²) in [6.07, 6.45) is 4.44. The molecule has 0 amide bonds. The SMILES string of the molecule is C[C@@H]1CC(C(=O)c2ccc(Cl)cc2)CCN1c1nc(-c2ccncn2)cc(=O)n1C. The number of hydrogen-bond donors (Lipinski definition) is 0. The van der Waals surface area contributed by atoms with Gasteiger partial charge in [-0.25, -0.2) is 15.0 Å². The Morgan fingerprint density at radius 1 is 1.17 bits per heavy atom. The molecular weight excluding hydrogens is 402 g/mol. The van der Waals surface area contributed by atoms with Crippen molar-refractivity contribution in [3.8, 4) is 11.4 Å². The van der Waals surface area contributed by atoms with E-state index < -0.39 is 0 Å². The lowest BCUT2D eigenvalue weighted by Crippen LogP contribution is -2.45. The summed E-state index contributed by atoms with van der Waals surface area (Å²) in [5.41, 5.74) is 1.65. The first kappa shape index (κ1) is 20.2. The van der Waals surface area contributed by atoms with Crippen LogP contribution in [0.25, 0.3) is 11.4 Å². The zero-order chi connectivity index (χ0) is 21.3. The fourth-order valence-electron chi connectivity index (χ4n) is 3.91. The summed E-state index contributed by atoms with van der Waals surface area (Å²) in [5.74, 6) is 0.648. The van der Waals surface area contributed by atoms with Crippen molar-refractivity contribution in [1.82, 2.24) is 19.5 Å². The van der Waals surface area contributed by atoms with Crippen LogP contribution in [0.4, 0.5) is 5.95 Å². The Bertz CT molecular complexity index is 1110. The number of nitrogens with zero attached hydrogens (tertiary/aromatic N) is 5. The normalized spacial score (nSPS) is 19.0. The molecule has 0 saturated carbocycles. The number of carbonyl (C=O) groups is 1. The maximum atomic E-state index is 12.9. The van der Waals surface area contributed by atoms with Gasteiger partial charge in [0.05, 0.1) is 11.4 Å². The molecule has 1 saturated heterocycles. The molecule has 3 heterocycles. The van der Waals surface area contributed by atoms with E-state index in [1.165, 1.54) is 12.4 Å². The van der Waals surface area contributed by atoms with E-state index in [4.69, 9.17) is 16.6 Å². The second-order valence-corrected chi connectivity index (χ2v) is 8.00. The highest BCUT2D eigenvalue weighted by Gasteiger charge is 2.32. The van der Waals surface area contributed by atoms with E-state index in [9.17, 15) is 9.59 Å². The molecular formula is C22H22ClN5O2. The standard InChI is InChI=1S/C22H22ClN5O2/c1-14-11-16(21(30)15-3-5-17(23)6-4-15)8-10-28(14)22-26-19(12-20(29)27(22)2)18-7-9-24-13-25-18/h3-7,9,12-14,16H,8,10-11H2,1-2H3/t14-,16?/m1/s1. The number of rotatable bonds is 4. The first-order valence-corrected chi connectivity index (χ1v) is 10.2. The molecule has 1 fully saturated rings. The van der Waals surface area contributed by atoms with Crippen molar-refractivity contribution in [1.29, 1.82) is 0 Å². The second kappa shape index (κ2) is 8.36. The highest BCUT2D eigenvalue weighted by molar-refractivity contribution is 6.30. The van der Waals surface area contributed by atoms with Gasteiger partial charge < -0.3 is 4.90 Å². The van der Waals surface area contributed by atoms with E-state index >= 15 is 0 Å². The molecule has 1 aliphatic heterocycles. The van der Waals surface area contributed by atoms with Gasteiger partial charge in [-0.2, -0.15) is 0 Å². The number of piperidine rings is 1. The van der Waals surface area contributed by atoms with Crippen molar-refractivity contribution in [2.75, 3.05) is 11.4 Å². The predicted molar refractivity (Wildman–Crippen MR) is 116 cm³/mol. The molecule has 1 aromatic carbocycles. The van der Waals surface area contributed by atoms with Gasteiger partial charge in [0, 0.05) is 48.4 Å². The third-order valence-electron chi connectivity index (χ3n) is 5.59. The monoisotopic (exact) mass is 423 g/mol. The van der Waals surface area contributed by atoms with E-state index in [1.54, 1.807) is 48.1 Å². The lowest BCUT2D eigenvalue weighted by atomic mass is 9.85. The molecule has 7 nitrogen and oxygen atoms in total. The third-order valence-corrected chi connectivity index (χ3v) is 5.84. The molecule has 8 heteroatoms. The molecule has 1 aliphatic rings. The third kappa shape index (κ3) is 3.98. The summed E-state index contributed by atoms with van der Waals surface area (Å²) in [4.78, 5) is 40.4. The summed E-state index contributed by atoms with van der Waals surface area (Å²) < 4.78 is 1.54. The summed E-state index contributed by atoms with van der Waals surface area (Å²) >= 11 is 5.94. The number of hydrogen-bond acceptors (Lipinski definition) is 6. The molecule has 2 atom stereocenters. The van der Waals surface area contributed by atoms with Gasteiger partial charge in [0.25, 0.3) is 5.56 Å². The van der Waals surface area contributed by atoms with Gasteiger partial charge in [0.1, 0.15) is 6.33 Å². The predicted octanol–water partition coefficient (Wildman–Crippen LogP) is 3.38. The molecule has 3 aromatic rings. The van der Waals surface area contributed by atoms with Gasteiger partial charge in [0.15, 0.2) is 5.78 Å². The minimum Gasteiger partial charge on any atom is -0.339 e. The van der Waals surface area contributed by atoms with Gasteiger partial charge in [-0.3, -0.25) is 14.2 Å². The zero-order valence-electron chi connectivity index (χ0n) is 16.8.